The Bertz CT molecular complexity index is 1530. The van der Waals surface area contributed by atoms with Crippen LogP contribution in [0.25, 0.3) is 55.0 Å². The van der Waals surface area contributed by atoms with E-state index in [2.05, 4.69) is 113 Å². The van der Waals surface area contributed by atoms with Gasteiger partial charge in [0.2, 0.25) is 0 Å². The summed E-state index contributed by atoms with van der Waals surface area (Å²) >= 11 is 3.57. The minimum absolute atomic E-state index is 0.912. The first kappa shape index (κ1) is 17.5. The van der Waals surface area contributed by atoms with Crippen LogP contribution in [0.4, 0.5) is 0 Å². The van der Waals surface area contributed by atoms with Gasteiger partial charge in [0.1, 0.15) is 11.3 Å². The molecule has 0 saturated carbocycles. The van der Waals surface area contributed by atoms with Crippen LogP contribution >= 0.6 is 15.9 Å². The highest BCUT2D eigenvalue weighted by Gasteiger charge is 2.22. The minimum Gasteiger partial charge on any atom is -0.455 e. The van der Waals surface area contributed by atoms with Gasteiger partial charge in [-0.05, 0) is 33.9 Å². The molecule has 0 aliphatic carbocycles. The van der Waals surface area contributed by atoms with Crippen LogP contribution in [0.3, 0.4) is 0 Å². The summed E-state index contributed by atoms with van der Waals surface area (Å²) in [5.41, 5.74) is 4.32. The maximum absolute atomic E-state index is 6.68. The summed E-state index contributed by atoms with van der Waals surface area (Å²) in [4.78, 5) is 0. The number of hydrogen-bond donors (Lipinski definition) is 0. The quantitative estimate of drug-likeness (QED) is 0.241. The maximum atomic E-state index is 6.68. The molecule has 0 amide bonds. The van der Waals surface area contributed by atoms with Gasteiger partial charge in [0, 0.05) is 26.4 Å². The van der Waals surface area contributed by atoms with Gasteiger partial charge in [-0.3, -0.25) is 0 Å². The van der Waals surface area contributed by atoms with Gasteiger partial charge in [0.15, 0.2) is 0 Å². The third-order valence-electron chi connectivity index (χ3n) is 5.74. The maximum Gasteiger partial charge on any atom is 0.143 e. The van der Waals surface area contributed by atoms with Crippen molar-refractivity contribution in [3.05, 3.63) is 108 Å². The third-order valence-corrected chi connectivity index (χ3v) is 6.26. The number of hydrogen-bond acceptors (Lipinski definition) is 1. The Morgan fingerprint density at radius 1 is 0.500 bits per heavy atom. The summed E-state index contributed by atoms with van der Waals surface area (Å²) in [5, 5.41) is 6.00. The molecule has 6 aromatic rings. The molecule has 6 rings (SSSR count). The van der Waals surface area contributed by atoms with E-state index in [9.17, 15) is 0 Å². The van der Waals surface area contributed by atoms with E-state index in [1.807, 2.05) is 6.07 Å². The smallest absolute Gasteiger partial charge is 0.143 e. The van der Waals surface area contributed by atoms with Crippen molar-refractivity contribution < 1.29 is 4.42 Å². The predicted molar refractivity (Wildman–Crippen MR) is 130 cm³/mol. The number of furan rings is 1. The van der Waals surface area contributed by atoms with E-state index in [0.717, 1.165) is 37.9 Å². The Morgan fingerprint density at radius 2 is 1.07 bits per heavy atom. The number of rotatable bonds is 2. The summed E-state index contributed by atoms with van der Waals surface area (Å²) in [6.45, 7) is 0. The van der Waals surface area contributed by atoms with Crippen molar-refractivity contribution >= 4 is 48.4 Å². The number of fused-ring (bicyclic) bond motifs is 6. The Kier molecular flexibility index (Phi) is 4.00. The van der Waals surface area contributed by atoms with Gasteiger partial charge in [0.05, 0.1) is 0 Å². The van der Waals surface area contributed by atoms with Crippen LogP contribution in [0.15, 0.2) is 112 Å². The van der Waals surface area contributed by atoms with Crippen molar-refractivity contribution in [3.63, 3.8) is 0 Å². The van der Waals surface area contributed by atoms with Gasteiger partial charge in [-0.15, -0.1) is 0 Å². The Morgan fingerprint density at radius 3 is 1.77 bits per heavy atom. The van der Waals surface area contributed by atoms with Crippen molar-refractivity contribution in [2.24, 2.45) is 0 Å². The molecule has 0 bridgehead atoms. The van der Waals surface area contributed by atoms with Crippen molar-refractivity contribution in [2.75, 3.05) is 0 Å². The lowest BCUT2D eigenvalue weighted by Crippen LogP contribution is -1.83. The molecule has 0 spiro atoms. The summed E-state index contributed by atoms with van der Waals surface area (Å²) in [6.07, 6.45) is 0. The van der Waals surface area contributed by atoms with Crippen molar-refractivity contribution in [1.82, 2.24) is 0 Å². The zero-order valence-electron chi connectivity index (χ0n) is 16.1. The zero-order chi connectivity index (χ0) is 20.1. The first-order valence-corrected chi connectivity index (χ1v) is 10.8. The van der Waals surface area contributed by atoms with Crippen LogP contribution in [-0.2, 0) is 0 Å². The highest BCUT2D eigenvalue weighted by molar-refractivity contribution is 9.10. The molecule has 0 atom stereocenters. The van der Waals surface area contributed by atoms with Crippen LogP contribution in [-0.4, -0.2) is 0 Å². The van der Waals surface area contributed by atoms with E-state index in [-0.39, 0.29) is 0 Å². The van der Waals surface area contributed by atoms with Crippen LogP contribution in [0, 0.1) is 0 Å². The fraction of sp³-hybridized carbons (Fsp3) is 0. The fourth-order valence-corrected chi connectivity index (χ4v) is 4.68. The van der Waals surface area contributed by atoms with Gasteiger partial charge in [-0.1, -0.05) is 107 Å². The average molecular weight is 449 g/mol. The summed E-state index contributed by atoms with van der Waals surface area (Å²) in [7, 11) is 0. The molecule has 1 heterocycles. The average Bonchev–Trinajstić information content (AvgIpc) is 3.21. The van der Waals surface area contributed by atoms with E-state index >= 15 is 0 Å². The van der Waals surface area contributed by atoms with Crippen molar-refractivity contribution in [3.8, 4) is 22.5 Å². The highest BCUT2D eigenvalue weighted by atomic mass is 79.9. The molecule has 142 valence electrons. The van der Waals surface area contributed by atoms with E-state index in [0.29, 0.717) is 0 Å². The lowest BCUT2D eigenvalue weighted by molar-refractivity contribution is 0.636. The van der Waals surface area contributed by atoms with Crippen LogP contribution in [0.1, 0.15) is 0 Å². The number of benzene rings is 5. The van der Waals surface area contributed by atoms with Gasteiger partial charge in [-0.2, -0.15) is 0 Å². The molecule has 0 N–H and O–H groups in total. The summed E-state index contributed by atoms with van der Waals surface area (Å²) in [6, 6.07) is 36.0. The van der Waals surface area contributed by atoms with E-state index < -0.39 is 0 Å². The van der Waals surface area contributed by atoms with Crippen LogP contribution in [0.2, 0.25) is 0 Å². The molecule has 0 fully saturated rings. The van der Waals surface area contributed by atoms with Gasteiger partial charge < -0.3 is 4.42 Å². The number of halogens is 1. The molecule has 1 nitrogen and oxygen atoms in total. The standard InChI is InChI=1S/C28H17BrO/c29-20-16-14-18(15-17-20)25-26-23-12-6-4-10-21(23)22-11-5-7-13-24(22)28(26)30-27(25)19-8-2-1-3-9-19/h1-17H. The van der Waals surface area contributed by atoms with E-state index in [1.54, 1.807) is 0 Å². The molecule has 0 saturated heterocycles. The second-order valence-electron chi connectivity index (χ2n) is 7.47. The van der Waals surface area contributed by atoms with Crippen LogP contribution in [0.5, 0.6) is 0 Å². The van der Waals surface area contributed by atoms with Crippen molar-refractivity contribution in [1.29, 1.82) is 0 Å². The minimum atomic E-state index is 0.912. The molecule has 0 radical (unpaired) electrons. The Labute approximate surface area is 182 Å². The second kappa shape index (κ2) is 6.86. The van der Waals surface area contributed by atoms with Gasteiger partial charge in [-0.25, -0.2) is 0 Å². The van der Waals surface area contributed by atoms with Crippen molar-refractivity contribution in [2.45, 2.75) is 0 Å². The zero-order valence-corrected chi connectivity index (χ0v) is 17.7. The molecular formula is C28H17BrO. The first-order chi connectivity index (χ1) is 14.8. The Balaban J connectivity index is 1.87. The lowest BCUT2D eigenvalue weighted by Gasteiger charge is -2.08. The predicted octanol–water partition coefficient (Wildman–Crippen LogP) is 8.84. The van der Waals surface area contributed by atoms with Gasteiger partial charge in [0.25, 0.3) is 0 Å². The van der Waals surface area contributed by atoms with Crippen LogP contribution < -0.4 is 0 Å². The highest BCUT2D eigenvalue weighted by Crippen LogP contribution is 2.47. The topological polar surface area (TPSA) is 13.1 Å². The lowest BCUT2D eigenvalue weighted by atomic mass is 9.92. The first-order valence-electron chi connectivity index (χ1n) is 9.98. The summed E-state index contributed by atoms with van der Waals surface area (Å²) < 4.78 is 7.74. The molecule has 0 aliphatic rings. The van der Waals surface area contributed by atoms with Gasteiger partial charge >= 0.3 is 0 Å². The van der Waals surface area contributed by atoms with E-state index in [4.69, 9.17) is 4.42 Å². The molecule has 0 unspecified atom stereocenters. The molecule has 5 aromatic carbocycles. The molecule has 30 heavy (non-hydrogen) atoms. The monoisotopic (exact) mass is 448 g/mol. The third kappa shape index (κ3) is 2.61. The second-order valence-corrected chi connectivity index (χ2v) is 8.39. The molecule has 2 heteroatoms. The molecular weight excluding hydrogens is 432 g/mol. The largest absolute Gasteiger partial charge is 0.455 e. The fourth-order valence-electron chi connectivity index (χ4n) is 4.41. The SMILES string of the molecule is Brc1ccc(-c2c(-c3ccccc3)oc3c4ccccc4c4ccccc4c23)cc1. The van der Waals surface area contributed by atoms with E-state index in [1.165, 1.54) is 21.5 Å². The normalized spacial score (nSPS) is 11.5. The summed E-state index contributed by atoms with van der Waals surface area (Å²) in [5.74, 6) is 0.912. The Hall–Kier alpha value is -3.36. The molecule has 0 aliphatic heterocycles. The molecule has 1 aromatic heterocycles.